The zero-order chi connectivity index (χ0) is 14.5. The summed E-state index contributed by atoms with van der Waals surface area (Å²) in [5.41, 5.74) is 2.33. The Morgan fingerprint density at radius 3 is 2.55 bits per heavy atom. The van der Waals surface area contributed by atoms with E-state index in [1.54, 1.807) is 6.07 Å². The predicted octanol–water partition coefficient (Wildman–Crippen LogP) is 5.65. The molecule has 1 unspecified atom stereocenters. The van der Waals surface area contributed by atoms with E-state index in [2.05, 4.69) is 40.3 Å². The van der Waals surface area contributed by atoms with Crippen LogP contribution in [0.15, 0.2) is 46.9 Å². The third kappa shape index (κ3) is 3.98. The van der Waals surface area contributed by atoms with Gasteiger partial charge >= 0.3 is 0 Å². The van der Waals surface area contributed by atoms with Gasteiger partial charge in [0.25, 0.3) is 0 Å². The number of benzene rings is 2. The molecule has 1 N–H and O–H groups in total. The summed E-state index contributed by atoms with van der Waals surface area (Å²) in [5, 5.41) is 4.85. The Kier molecular flexibility index (Phi) is 5.91. The summed E-state index contributed by atoms with van der Waals surface area (Å²) >= 11 is 15.9. The molecule has 1 nitrogen and oxygen atoms in total. The normalized spacial score (nSPS) is 12.4. The van der Waals surface area contributed by atoms with Gasteiger partial charge in [0.15, 0.2) is 0 Å². The predicted molar refractivity (Wildman–Crippen MR) is 90.7 cm³/mol. The summed E-state index contributed by atoms with van der Waals surface area (Å²) in [5.74, 6) is 0. The fraction of sp³-hybridized carbons (Fsp3) is 0.250. The topological polar surface area (TPSA) is 12.0 Å². The standard InChI is InChI=1S/C16H16BrCl2N/c1-2-20-16(9-11-5-3-4-6-14(11)17)13-8-7-12(18)10-15(13)19/h3-8,10,16,20H,2,9H2,1H3. The summed E-state index contributed by atoms with van der Waals surface area (Å²) in [6, 6.07) is 14.1. The van der Waals surface area contributed by atoms with Gasteiger partial charge in [-0.3, -0.25) is 0 Å². The van der Waals surface area contributed by atoms with Crippen molar-refractivity contribution >= 4 is 39.1 Å². The highest BCUT2D eigenvalue weighted by Crippen LogP contribution is 2.30. The van der Waals surface area contributed by atoms with E-state index in [-0.39, 0.29) is 6.04 Å². The number of rotatable bonds is 5. The molecule has 0 fully saturated rings. The summed E-state index contributed by atoms with van der Waals surface area (Å²) < 4.78 is 1.12. The number of halogens is 3. The van der Waals surface area contributed by atoms with Gasteiger partial charge in [-0.25, -0.2) is 0 Å². The van der Waals surface area contributed by atoms with Gasteiger partial charge in [-0.1, -0.05) is 70.3 Å². The largest absolute Gasteiger partial charge is 0.310 e. The second kappa shape index (κ2) is 7.46. The Morgan fingerprint density at radius 2 is 1.90 bits per heavy atom. The maximum Gasteiger partial charge on any atom is 0.0468 e. The molecular formula is C16H16BrCl2N. The van der Waals surface area contributed by atoms with Gasteiger partial charge in [0.2, 0.25) is 0 Å². The molecule has 0 aliphatic carbocycles. The van der Waals surface area contributed by atoms with E-state index < -0.39 is 0 Å². The van der Waals surface area contributed by atoms with E-state index in [0.717, 1.165) is 23.0 Å². The lowest BCUT2D eigenvalue weighted by atomic mass is 9.98. The molecule has 0 saturated heterocycles. The zero-order valence-electron chi connectivity index (χ0n) is 11.2. The second-order valence-corrected chi connectivity index (χ2v) is 6.27. The van der Waals surface area contributed by atoms with E-state index in [1.807, 2.05) is 24.3 Å². The van der Waals surface area contributed by atoms with Crippen molar-refractivity contribution in [2.45, 2.75) is 19.4 Å². The van der Waals surface area contributed by atoms with E-state index in [0.29, 0.717) is 10.0 Å². The Morgan fingerprint density at radius 1 is 1.15 bits per heavy atom. The Bertz CT molecular complexity index is 586. The third-order valence-electron chi connectivity index (χ3n) is 3.17. The summed E-state index contributed by atoms with van der Waals surface area (Å²) in [7, 11) is 0. The van der Waals surface area contributed by atoms with Crippen LogP contribution in [0.1, 0.15) is 24.1 Å². The lowest BCUT2D eigenvalue weighted by Gasteiger charge is -2.20. The van der Waals surface area contributed by atoms with Gasteiger partial charge in [-0.05, 0) is 42.3 Å². The summed E-state index contributed by atoms with van der Waals surface area (Å²) in [6.07, 6.45) is 0.872. The molecule has 0 aromatic heterocycles. The molecule has 0 radical (unpaired) electrons. The molecule has 0 saturated carbocycles. The van der Waals surface area contributed by atoms with Gasteiger partial charge in [0, 0.05) is 20.6 Å². The first-order valence-electron chi connectivity index (χ1n) is 6.53. The molecule has 2 rings (SSSR count). The van der Waals surface area contributed by atoms with E-state index in [4.69, 9.17) is 23.2 Å². The van der Waals surface area contributed by atoms with Crippen molar-refractivity contribution in [2.24, 2.45) is 0 Å². The van der Waals surface area contributed by atoms with E-state index in [9.17, 15) is 0 Å². The average molecular weight is 373 g/mol. The van der Waals surface area contributed by atoms with Crippen molar-refractivity contribution in [3.63, 3.8) is 0 Å². The minimum Gasteiger partial charge on any atom is -0.310 e. The average Bonchev–Trinajstić information content (AvgIpc) is 2.41. The van der Waals surface area contributed by atoms with Crippen LogP contribution in [0.2, 0.25) is 10.0 Å². The molecule has 0 spiro atoms. The van der Waals surface area contributed by atoms with Crippen molar-refractivity contribution in [1.82, 2.24) is 5.32 Å². The SMILES string of the molecule is CCNC(Cc1ccccc1Br)c1ccc(Cl)cc1Cl. The fourth-order valence-electron chi connectivity index (χ4n) is 2.21. The molecule has 0 amide bonds. The van der Waals surface area contributed by atoms with Crippen LogP contribution < -0.4 is 5.32 Å². The lowest BCUT2D eigenvalue weighted by Crippen LogP contribution is -2.23. The number of hydrogen-bond donors (Lipinski definition) is 1. The molecule has 2 aromatic rings. The third-order valence-corrected chi connectivity index (χ3v) is 4.51. The molecule has 0 heterocycles. The first kappa shape index (κ1) is 15.8. The first-order valence-corrected chi connectivity index (χ1v) is 8.08. The van der Waals surface area contributed by atoms with Crippen molar-refractivity contribution in [2.75, 3.05) is 6.54 Å². The highest BCUT2D eigenvalue weighted by Gasteiger charge is 2.15. The Labute approximate surface area is 138 Å². The van der Waals surface area contributed by atoms with Crippen LogP contribution >= 0.6 is 39.1 Å². The molecule has 0 bridgehead atoms. The minimum atomic E-state index is 0.170. The molecular weight excluding hydrogens is 357 g/mol. The number of hydrogen-bond acceptors (Lipinski definition) is 1. The van der Waals surface area contributed by atoms with Crippen LogP contribution in [0.5, 0.6) is 0 Å². The van der Waals surface area contributed by atoms with Crippen molar-refractivity contribution < 1.29 is 0 Å². The molecule has 1 atom stereocenters. The van der Waals surface area contributed by atoms with Gasteiger partial charge in [-0.2, -0.15) is 0 Å². The fourth-order valence-corrected chi connectivity index (χ4v) is 3.19. The van der Waals surface area contributed by atoms with Crippen molar-refractivity contribution in [3.8, 4) is 0 Å². The molecule has 20 heavy (non-hydrogen) atoms. The molecule has 106 valence electrons. The van der Waals surface area contributed by atoms with E-state index >= 15 is 0 Å². The van der Waals surface area contributed by atoms with Crippen LogP contribution in [0.4, 0.5) is 0 Å². The smallest absolute Gasteiger partial charge is 0.0468 e. The minimum absolute atomic E-state index is 0.170. The van der Waals surface area contributed by atoms with Gasteiger partial charge in [0.1, 0.15) is 0 Å². The molecule has 2 aromatic carbocycles. The van der Waals surface area contributed by atoms with Crippen LogP contribution in [-0.2, 0) is 6.42 Å². The first-order chi connectivity index (χ1) is 9.61. The Balaban J connectivity index is 2.29. The van der Waals surface area contributed by atoms with Gasteiger partial charge in [0.05, 0.1) is 0 Å². The highest BCUT2D eigenvalue weighted by molar-refractivity contribution is 9.10. The summed E-state index contributed by atoms with van der Waals surface area (Å²) in [6.45, 7) is 2.98. The van der Waals surface area contributed by atoms with Gasteiger partial charge in [-0.15, -0.1) is 0 Å². The van der Waals surface area contributed by atoms with E-state index in [1.165, 1.54) is 5.56 Å². The maximum atomic E-state index is 6.33. The quantitative estimate of drug-likeness (QED) is 0.714. The molecule has 4 heteroatoms. The van der Waals surface area contributed by atoms with Crippen LogP contribution in [0, 0.1) is 0 Å². The highest BCUT2D eigenvalue weighted by atomic mass is 79.9. The second-order valence-electron chi connectivity index (χ2n) is 4.57. The van der Waals surface area contributed by atoms with Crippen LogP contribution in [0.25, 0.3) is 0 Å². The van der Waals surface area contributed by atoms with Crippen molar-refractivity contribution in [3.05, 3.63) is 68.1 Å². The zero-order valence-corrected chi connectivity index (χ0v) is 14.3. The Hall–Kier alpha value is -0.540. The van der Waals surface area contributed by atoms with Crippen molar-refractivity contribution in [1.29, 1.82) is 0 Å². The number of likely N-dealkylation sites (N-methyl/N-ethyl adjacent to an activating group) is 1. The molecule has 0 aliphatic heterocycles. The van der Waals surface area contributed by atoms with Crippen LogP contribution in [-0.4, -0.2) is 6.54 Å². The summed E-state index contributed by atoms with van der Waals surface area (Å²) in [4.78, 5) is 0. The monoisotopic (exact) mass is 371 g/mol. The number of nitrogens with one attached hydrogen (secondary N) is 1. The van der Waals surface area contributed by atoms with Gasteiger partial charge < -0.3 is 5.32 Å². The molecule has 0 aliphatic rings. The lowest BCUT2D eigenvalue weighted by molar-refractivity contribution is 0.549. The maximum absolute atomic E-state index is 6.33. The van der Waals surface area contributed by atoms with Crippen LogP contribution in [0.3, 0.4) is 0 Å².